The molecule has 1 amide bonds. The highest BCUT2D eigenvalue weighted by Crippen LogP contribution is 2.14. The third-order valence-electron chi connectivity index (χ3n) is 3.01. The van der Waals surface area contributed by atoms with Crippen LogP contribution in [0.15, 0.2) is 4.42 Å². The van der Waals surface area contributed by atoms with Gasteiger partial charge in [-0.2, -0.15) is 0 Å². The molecule has 1 saturated heterocycles. The second-order valence-corrected chi connectivity index (χ2v) is 5.24. The lowest BCUT2D eigenvalue weighted by molar-refractivity contribution is -0.129. The number of nitrogens with zero attached hydrogens (tertiary/aromatic N) is 4. The summed E-state index contributed by atoms with van der Waals surface area (Å²) in [7, 11) is 1.80. The molecule has 1 aliphatic rings. The van der Waals surface area contributed by atoms with Gasteiger partial charge in [0.2, 0.25) is 11.8 Å². The first-order chi connectivity index (χ1) is 9.06. The van der Waals surface area contributed by atoms with E-state index in [2.05, 4.69) is 29.4 Å². The highest BCUT2D eigenvalue weighted by molar-refractivity contribution is 5.81. The molecule has 0 radical (unpaired) electrons. The molecule has 1 aliphatic heterocycles. The maximum atomic E-state index is 11.6. The first kappa shape index (κ1) is 13.8. The second kappa shape index (κ2) is 6.01. The first-order valence-electron chi connectivity index (χ1n) is 6.58. The number of rotatable bonds is 5. The van der Waals surface area contributed by atoms with Crippen molar-refractivity contribution >= 4 is 11.9 Å². The molecule has 0 unspecified atom stereocenters. The van der Waals surface area contributed by atoms with Crippen LogP contribution in [0.3, 0.4) is 0 Å². The number of hydrogen-bond acceptors (Lipinski definition) is 6. The number of amides is 1. The predicted molar refractivity (Wildman–Crippen MR) is 70.7 cm³/mol. The van der Waals surface area contributed by atoms with E-state index in [9.17, 15) is 4.79 Å². The molecule has 1 fully saturated rings. The summed E-state index contributed by atoms with van der Waals surface area (Å²) in [6.07, 6.45) is 0. The summed E-state index contributed by atoms with van der Waals surface area (Å²) in [5.74, 6) is 1.21. The normalized spacial score (nSPS) is 16.5. The predicted octanol–water partition coefficient (Wildman–Crippen LogP) is 0.0936. The van der Waals surface area contributed by atoms with Gasteiger partial charge in [-0.05, 0) is 12.5 Å². The third-order valence-corrected chi connectivity index (χ3v) is 3.01. The molecule has 2 heterocycles. The van der Waals surface area contributed by atoms with Crippen LogP contribution in [0.5, 0.6) is 0 Å². The molecule has 1 aromatic rings. The Hall–Kier alpha value is -1.63. The number of hydrogen-bond donors (Lipinski definition) is 1. The zero-order valence-corrected chi connectivity index (χ0v) is 11.7. The van der Waals surface area contributed by atoms with E-state index in [4.69, 9.17) is 4.42 Å². The molecule has 0 aliphatic carbocycles. The van der Waals surface area contributed by atoms with Gasteiger partial charge in [0, 0.05) is 20.1 Å². The number of nitrogens with one attached hydrogen (secondary N) is 1. The van der Waals surface area contributed by atoms with Crippen molar-refractivity contribution < 1.29 is 9.21 Å². The molecule has 7 nitrogen and oxygen atoms in total. The highest BCUT2D eigenvalue weighted by atomic mass is 16.4. The van der Waals surface area contributed by atoms with Crippen molar-refractivity contribution in [3.63, 3.8) is 0 Å². The number of carbonyl (C=O) groups is 1. The first-order valence-corrected chi connectivity index (χ1v) is 6.58. The summed E-state index contributed by atoms with van der Waals surface area (Å²) in [4.78, 5) is 15.1. The van der Waals surface area contributed by atoms with E-state index in [0.29, 0.717) is 37.5 Å². The summed E-state index contributed by atoms with van der Waals surface area (Å²) in [6.45, 7) is 7.46. The summed E-state index contributed by atoms with van der Waals surface area (Å²) < 4.78 is 5.56. The maximum Gasteiger partial charge on any atom is 0.318 e. The molecule has 0 atom stereocenters. The lowest BCUT2D eigenvalue weighted by Crippen LogP contribution is -2.48. The smallest absolute Gasteiger partial charge is 0.318 e. The average Bonchev–Trinajstić information content (AvgIpc) is 2.81. The zero-order valence-electron chi connectivity index (χ0n) is 11.7. The minimum absolute atomic E-state index is 0.0731. The fourth-order valence-electron chi connectivity index (χ4n) is 1.83. The van der Waals surface area contributed by atoms with E-state index in [0.717, 1.165) is 13.1 Å². The van der Waals surface area contributed by atoms with Crippen LogP contribution in [0.1, 0.15) is 19.7 Å². The number of piperazine rings is 1. The Morgan fingerprint density at radius 3 is 2.84 bits per heavy atom. The quantitative estimate of drug-likeness (QED) is 0.815. The fraction of sp³-hybridized carbons (Fsp3) is 0.750. The molecule has 1 aromatic heterocycles. The number of aromatic nitrogens is 2. The van der Waals surface area contributed by atoms with Gasteiger partial charge < -0.3 is 19.5 Å². The summed E-state index contributed by atoms with van der Waals surface area (Å²) in [5.41, 5.74) is 0. The van der Waals surface area contributed by atoms with Crippen molar-refractivity contribution in [2.45, 2.75) is 20.4 Å². The van der Waals surface area contributed by atoms with Crippen molar-refractivity contribution in [2.75, 3.05) is 38.1 Å². The van der Waals surface area contributed by atoms with Gasteiger partial charge in [0.25, 0.3) is 0 Å². The van der Waals surface area contributed by atoms with Gasteiger partial charge in [-0.25, -0.2) is 0 Å². The molecule has 1 N–H and O–H groups in total. The number of anilines is 1. The van der Waals surface area contributed by atoms with Gasteiger partial charge in [-0.3, -0.25) is 4.79 Å². The molecule has 2 rings (SSSR count). The molecule has 7 heteroatoms. The molecule has 19 heavy (non-hydrogen) atoms. The topological polar surface area (TPSA) is 74.5 Å². The van der Waals surface area contributed by atoms with E-state index in [-0.39, 0.29) is 5.91 Å². The minimum Gasteiger partial charge on any atom is -0.407 e. The van der Waals surface area contributed by atoms with Crippen molar-refractivity contribution in [1.82, 2.24) is 20.4 Å². The van der Waals surface area contributed by atoms with E-state index in [1.165, 1.54) is 0 Å². The Kier molecular flexibility index (Phi) is 4.36. The highest BCUT2D eigenvalue weighted by Gasteiger charge is 2.24. The number of carbonyl (C=O) groups excluding carboxylic acids is 1. The van der Waals surface area contributed by atoms with Crippen molar-refractivity contribution in [3.05, 3.63) is 5.89 Å². The second-order valence-electron chi connectivity index (χ2n) is 5.24. The van der Waals surface area contributed by atoms with Crippen molar-refractivity contribution in [2.24, 2.45) is 5.92 Å². The summed E-state index contributed by atoms with van der Waals surface area (Å²) in [6, 6.07) is 0.433. The van der Waals surface area contributed by atoms with Crippen LogP contribution in [0, 0.1) is 5.92 Å². The Morgan fingerprint density at radius 1 is 1.37 bits per heavy atom. The SMILES string of the molecule is CC(C)CNCc1nnc(N2CCN(C)C(=O)C2)o1. The molecule has 0 spiro atoms. The minimum atomic E-state index is 0.0731. The van der Waals surface area contributed by atoms with Crippen LogP contribution in [-0.2, 0) is 11.3 Å². The van der Waals surface area contributed by atoms with Crippen LogP contribution >= 0.6 is 0 Å². The van der Waals surface area contributed by atoms with Crippen LogP contribution in [0.4, 0.5) is 6.01 Å². The maximum absolute atomic E-state index is 11.6. The van der Waals surface area contributed by atoms with Gasteiger partial charge >= 0.3 is 6.01 Å². The standard InChI is InChI=1S/C12H21N5O2/c1-9(2)6-13-7-10-14-15-12(19-10)17-5-4-16(3)11(18)8-17/h9,13H,4-8H2,1-3H3. The van der Waals surface area contributed by atoms with Crippen LogP contribution in [-0.4, -0.2) is 54.2 Å². The van der Waals surface area contributed by atoms with Gasteiger partial charge in [0.15, 0.2) is 0 Å². The van der Waals surface area contributed by atoms with Crippen LogP contribution in [0.2, 0.25) is 0 Å². The van der Waals surface area contributed by atoms with Gasteiger partial charge in [-0.15, -0.1) is 5.10 Å². The van der Waals surface area contributed by atoms with Crippen LogP contribution in [0.25, 0.3) is 0 Å². The lowest BCUT2D eigenvalue weighted by Gasteiger charge is -2.30. The largest absolute Gasteiger partial charge is 0.407 e. The van der Waals surface area contributed by atoms with Crippen LogP contribution < -0.4 is 10.2 Å². The molecule has 0 bridgehead atoms. The Balaban J connectivity index is 1.88. The molecule has 0 aromatic carbocycles. The fourth-order valence-corrected chi connectivity index (χ4v) is 1.83. The monoisotopic (exact) mass is 267 g/mol. The lowest BCUT2D eigenvalue weighted by atomic mass is 10.2. The summed E-state index contributed by atoms with van der Waals surface area (Å²) in [5, 5.41) is 11.2. The average molecular weight is 267 g/mol. The zero-order chi connectivity index (χ0) is 13.8. The number of likely N-dealkylation sites (N-methyl/N-ethyl adjacent to an activating group) is 1. The summed E-state index contributed by atoms with van der Waals surface area (Å²) >= 11 is 0. The third kappa shape index (κ3) is 3.66. The van der Waals surface area contributed by atoms with Gasteiger partial charge in [0.1, 0.15) is 6.54 Å². The van der Waals surface area contributed by atoms with E-state index < -0.39 is 0 Å². The van der Waals surface area contributed by atoms with Gasteiger partial charge in [-0.1, -0.05) is 18.9 Å². The van der Waals surface area contributed by atoms with Crippen molar-refractivity contribution in [1.29, 1.82) is 0 Å². The molecule has 0 saturated carbocycles. The molecule has 106 valence electrons. The molecular formula is C12H21N5O2. The van der Waals surface area contributed by atoms with E-state index in [1.54, 1.807) is 11.9 Å². The van der Waals surface area contributed by atoms with E-state index >= 15 is 0 Å². The Morgan fingerprint density at radius 2 is 2.16 bits per heavy atom. The Bertz CT molecular complexity index is 432. The van der Waals surface area contributed by atoms with Gasteiger partial charge in [0.05, 0.1) is 6.54 Å². The van der Waals surface area contributed by atoms with Crippen molar-refractivity contribution in [3.8, 4) is 0 Å². The molecular weight excluding hydrogens is 246 g/mol. The Labute approximate surface area is 113 Å². The van der Waals surface area contributed by atoms with E-state index in [1.807, 2.05) is 4.90 Å².